The molecule has 44 heavy (non-hydrogen) atoms. The number of nitrogens with two attached hydrogens (primary N) is 1. The van der Waals surface area contributed by atoms with Crippen LogP contribution in [0.25, 0.3) is 16.8 Å². The van der Waals surface area contributed by atoms with E-state index < -0.39 is 0 Å². The molecule has 0 saturated carbocycles. The summed E-state index contributed by atoms with van der Waals surface area (Å²) in [5.74, 6) is 5.96. The monoisotopic (exact) mass is 610 g/mol. The van der Waals surface area contributed by atoms with E-state index >= 15 is 0 Å². The standard InChI is InChI=1S/C27H35N5O5.C6H15N/c1-4-15-36-16-13-29-24(34)11-12-25(35)30-18-20-9-7-8-10-22(20)26-27(21(5-2)23(30)6-3)32(28)31(26)14-17-37-19-33;1-3-4-5-6-7-2/h5-10,19H,2-4,11-18,28H2,1H3,(H,29,34);7H,3-6H2,1-2H3/b23-21-;. The molecule has 0 aliphatic carbocycles. The van der Waals surface area contributed by atoms with Gasteiger partial charge in [-0.15, -0.1) is 0 Å². The number of nitrogen functional groups attached to an aromatic ring is 1. The van der Waals surface area contributed by atoms with Crippen LogP contribution in [0.1, 0.15) is 63.6 Å². The Kier molecular flexibility index (Phi) is 16.4. The van der Waals surface area contributed by atoms with E-state index in [1.807, 2.05) is 42.9 Å². The van der Waals surface area contributed by atoms with Crippen LogP contribution in [0.5, 0.6) is 0 Å². The van der Waals surface area contributed by atoms with Crippen molar-refractivity contribution < 1.29 is 23.9 Å². The molecule has 0 unspecified atom stereocenters. The lowest BCUT2D eigenvalue weighted by molar-refractivity contribution is -0.132. The first-order chi connectivity index (χ1) is 21.4. The van der Waals surface area contributed by atoms with Crippen molar-refractivity contribution in [3.05, 3.63) is 66.5 Å². The van der Waals surface area contributed by atoms with E-state index in [0.717, 1.165) is 23.2 Å². The first kappa shape index (κ1) is 36.1. The first-order valence-electron chi connectivity index (χ1n) is 15.4. The van der Waals surface area contributed by atoms with E-state index in [1.54, 1.807) is 17.1 Å². The lowest BCUT2D eigenvalue weighted by atomic mass is 9.93. The molecule has 2 amide bonds. The van der Waals surface area contributed by atoms with Crippen molar-refractivity contribution in [3.8, 4) is 11.3 Å². The molecule has 1 aliphatic rings. The van der Waals surface area contributed by atoms with Crippen LogP contribution < -0.4 is 16.5 Å². The molecule has 0 radical (unpaired) electrons. The van der Waals surface area contributed by atoms with Crippen molar-refractivity contribution in [2.24, 2.45) is 0 Å². The number of ether oxygens (including phenoxy) is 2. The third kappa shape index (κ3) is 9.99. The molecular formula is C33H50N6O5. The third-order valence-corrected chi connectivity index (χ3v) is 7.10. The second-order valence-electron chi connectivity index (χ2n) is 10.2. The molecule has 242 valence electrons. The van der Waals surface area contributed by atoms with Gasteiger partial charge in [0.1, 0.15) is 12.3 Å². The van der Waals surface area contributed by atoms with Crippen molar-refractivity contribution in [3.63, 3.8) is 0 Å². The Hall–Kier alpha value is -4.09. The van der Waals surface area contributed by atoms with Crippen LogP contribution in [-0.2, 0) is 36.9 Å². The maximum Gasteiger partial charge on any atom is 0.293 e. The fourth-order valence-electron chi connectivity index (χ4n) is 4.90. The van der Waals surface area contributed by atoms with Crippen LogP contribution >= 0.6 is 0 Å². The molecule has 11 heteroatoms. The maximum atomic E-state index is 13.4. The SMILES string of the molecule is C=C/C1=C(\C=C)N(C(=O)CCC(=O)NCCOCCC)Cc2ccccc2-c2c1n(N)n2CCOC=O.CCCCCNC. The highest BCUT2D eigenvalue weighted by molar-refractivity contribution is 5.92. The normalized spacial score (nSPS) is 13.8. The number of amides is 2. The number of unbranched alkanes of at least 4 members (excludes halogenated alkanes) is 2. The Morgan fingerprint density at radius 3 is 2.43 bits per heavy atom. The van der Waals surface area contributed by atoms with E-state index in [0.29, 0.717) is 49.7 Å². The zero-order valence-corrected chi connectivity index (χ0v) is 26.6. The molecule has 11 nitrogen and oxygen atoms in total. The molecule has 0 atom stereocenters. The number of hydrogen-bond donors (Lipinski definition) is 3. The summed E-state index contributed by atoms with van der Waals surface area (Å²) >= 11 is 0. The minimum absolute atomic E-state index is 0.0268. The Balaban J connectivity index is 0.000000860. The van der Waals surface area contributed by atoms with Gasteiger partial charge in [0.2, 0.25) is 11.8 Å². The molecule has 2 heterocycles. The number of aromatic nitrogens is 2. The van der Waals surface area contributed by atoms with Crippen LogP contribution in [0.2, 0.25) is 0 Å². The van der Waals surface area contributed by atoms with E-state index in [-0.39, 0.29) is 37.8 Å². The van der Waals surface area contributed by atoms with E-state index in [2.05, 4.69) is 30.7 Å². The second-order valence-corrected chi connectivity index (χ2v) is 10.2. The quantitative estimate of drug-likeness (QED) is 0.132. The molecule has 1 aromatic heterocycles. The molecule has 4 N–H and O–H groups in total. The second kappa shape index (κ2) is 20.0. The number of rotatable bonds is 18. The van der Waals surface area contributed by atoms with Crippen LogP contribution in [0.15, 0.2) is 55.3 Å². The van der Waals surface area contributed by atoms with Gasteiger partial charge in [0.05, 0.1) is 31.1 Å². The van der Waals surface area contributed by atoms with Gasteiger partial charge in [-0.2, -0.15) is 4.79 Å². The molecule has 0 spiro atoms. The fourth-order valence-corrected chi connectivity index (χ4v) is 4.90. The molecule has 0 bridgehead atoms. The molecule has 0 saturated heterocycles. The summed E-state index contributed by atoms with van der Waals surface area (Å²) < 4.78 is 12.1. The Morgan fingerprint density at radius 2 is 1.77 bits per heavy atom. The number of benzene rings is 1. The maximum absolute atomic E-state index is 13.4. The number of fused-ring (bicyclic) bond motifs is 3. The topological polar surface area (TPSA) is 133 Å². The average molecular weight is 611 g/mol. The summed E-state index contributed by atoms with van der Waals surface area (Å²) in [6, 6.07) is 7.72. The van der Waals surface area contributed by atoms with Gasteiger partial charge >= 0.3 is 0 Å². The zero-order chi connectivity index (χ0) is 32.3. The summed E-state index contributed by atoms with van der Waals surface area (Å²) in [7, 11) is 2.00. The highest BCUT2D eigenvalue weighted by atomic mass is 16.5. The summed E-state index contributed by atoms with van der Waals surface area (Å²) in [4.78, 5) is 39.4. The molecule has 1 aromatic carbocycles. The zero-order valence-electron chi connectivity index (χ0n) is 26.6. The van der Waals surface area contributed by atoms with Crippen molar-refractivity contribution >= 4 is 23.9 Å². The van der Waals surface area contributed by atoms with Crippen LogP contribution in [0.3, 0.4) is 0 Å². The number of nitrogens with zero attached hydrogens (tertiary/aromatic N) is 3. The lowest BCUT2D eigenvalue weighted by Gasteiger charge is -2.36. The smallest absolute Gasteiger partial charge is 0.293 e. The minimum Gasteiger partial charge on any atom is -0.466 e. The molecule has 3 rings (SSSR count). The van der Waals surface area contributed by atoms with E-state index in [9.17, 15) is 14.4 Å². The van der Waals surface area contributed by atoms with Crippen molar-refractivity contribution in [1.82, 2.24) is 25.0 Å². The Bertz CT molecular complexity index is 1260. The Labute approximate surface area is 261 Å². The minimum atomic E-state index is -0.218. The number of allylic oxidation sites excluding steroid dienone is 3. The van der Waals surface area contributed by atoms with E-state index in [4.69, 9.17) is 15.3 Å². The van der Waals surface area contributed by atoms with Crippen molar-refractivity contribution in [1.29, 1.82) is 0 Å². The van der Waals surface area contributed by atoms with Crippen LogP contribution in [0.4, 0.5) is 0 Å². The first-order valence-corrected chi connectivity index (χ1v) is 15.4. The predicted molar refractivity (Wildman–Crippen MR) is 175 cm³/mol. The summed E-state index contributed by atoms with van der Waals surface area (Å²) in [5, 5.41) is 5.89. The molecule has 1 aliphatic heterocycles. The fraction of sp³-hybridized carbons (Fsp3) is 0.485. The van der Waals surface area contributed by atoms with E-state index in [1.165, 1.54) is 30.6 Å². The highest BCUT2D eigenvalue weighted by Gasteiger charge is 2.32. The largest absolute Gasteiger partial charge is 0.466 e. The number of hydrogen-bond acceptors (Lipinski definition) is 7. The molecule has 0 fully saturated rings. The van der Waals surface area contributed by atoms with Gasteiger partial charge in [-0.3, -0.25) is 19.1 Å². The highest BCUT2D eigenvalue weighted by Crippen LogP contribution is 2.40. The van der Waals surface area contributed by atoms with Gasteiger partial charge in [0, 0.05) is 37.1 Å². The van der Waals surface area contributed by atoms with Crippen LogP contribution in [0, 0.1) is 0 Å². The number of carbonyl (C=O) groups excluding carboxylic acids is 3. The summed E-state index contributed by atoms with van der Waals surface area (Å²) in [6.45, 7) is 16.0. The lowest BCUT2D eigenvalue weighted by Crippen LogP contribution is -2.39. The van der Waals surface area contributed by atoms with Crippen LogP contribution in [-0.4, -0.2) is 72.6 Å². The van der Waals surface area contributed by atoms with Gasteiger partial charge in [0.25, 0.3) is 6.47 Å². The number of nitrogens with one attached hydrogen (secondary N) is 2. The summed E-state index contributed by atoms with van der Waals surface area (Å²) in [5.41, 5.74) is 4.51. The van der Waals surface area contributed by atoms with Crippen molar-refractivity contribution in [2.75, 3.05) is 45.8 Å². The predicted octanol–water partition coefficient (Wildman–Crippen LogP) is 3.99. The van der Waals surface area contributed by atoms with Gasteiger partial charge in [0.15, 0.2) is 0 Å². The van der Waals surface area contributed by atoms with Gasteiger partial charge in [-0.05, 0) is 38.1 Å². The third-order valence-electron chi connectivity index (χ3n) is 7.10. The summed E-state index contributed by atoms with van der Waals surface area (Å²) in [6.07, 6.45) is 8.25. The van der Waals surface area contributed by atoms with Gasteiger partial charge in [-0.25, -0.2) is 0 Å². The number of carbonyl (C=O) groups is 3. The molecular weight excluding hydrogens is 560 g/mol. The average Bonchev–Trinajstić information content (AvgIpc) is 3.03. The Morgan fingerprint density at radius 1 is 1.00 bits per heavy atom. The molecule has 2 aromatic rings. The van der Waals surface area contributed by atoms with Gasteiger partial charge < -0.3 is 30.8 Å². The van der Waals surface area contributed by atoms with Gasteiger partial charge in [-0.1, -0.05) is 70.2 Å². The van der Waals surface area contributed by atoms with Crippen molar-refractivity contribution in [2.45, 2.75) is 65.5 Å².